The minimum atomic E-state index is -1.40. The van der Waals surface area contributed by atoms with Crippen LogP contribution >= 0.6 is 0 Å². The highest BCUT2D eigenvalue weighted by atomic mass is 16.6. The van der Waals surface area contributed by atoms with E-state index in [-0.39, 0.29) is 56.2 Å². The zero-order chi connectivity index (χ0) is 34.2. The second-order valence-electron chi connectivity index (χ2n) is 10.2. The standard InChI is InChI=1S/C34H36N2O11/c1-4-43-32(38)27(35-34(40)46-23(2)3)19-26-15-16-29(28(20-26)36(41)42)47-30(33(39)45-22-25-13-9-6-10-14-25)17-18-31(37)44-21-24-11-7-5-8-12-24/h5-16,20,27,30H,2,4,17-19,21-22H2,1,3H3,(H,35,40)/t27-,30+/m0/s1. The van der Waals surface area contributed by atoms with E-state index in [1.165, 1.54) is 19.1 Å². The molecule has 0 aromatic heterocycles. The molecule has 0 aliphatic heterocycles. The summed E-state index contributed by atoms with van der Waals surface area (Å²) in [7, 11) is 0. The first-order valence-corrected chi connectivity index (χ1v) is 14.7. The number of nitro groups is 1. The van der Waals surface area contributed by atoms with Gasteiger partial charge in [-0.2, -0.15) is 0 Å². The molecular formula is C34H36N2O11. The summed E-state index contributed by atoms with van der Waals surface area (Å²) in [6.45, 7) is 6.47. The number of hydrogen-bond donors (Lipinski definition) is 1. The molecule has 0 bridgehead atoms. The number of amides is 1. The van der Waals surface area contributed by atoms with Gasteiger partial charge in [-0.05, 0) is 36.6 Å². The quantitative estimate of drug-likeness (QED) is 0.0659. The Morgan fingerprint density at radius 1 is 0.851 bits per heavy atom. The molecule has 0 saturated heterocycles. The molecule has 0 spiro atoms. The summed E-state index contributed by atoms with van der Waals surface area (Å²) in [5.74, 6) is -2.42. The zero-order valence-corrected chi connectivity index (χ0v) is 26.0. The largest absolute Gasteiger partial charge is 0.472 e. The lowest BCUT2D eigenvalue weighted by molar-refractivity contribution is -0.386. The highest BCUT2D eigenvalue weighted by molar-refractivity contribution is 5.82. The van der Waals surface area contributed by atoms with Gasteiger partial charge in [-0.15, -0.1) is 0 Å². The Bertz CT molecular complexity index is 1540. The smallest absolute Gasteiger partial charge is 0.412 e. The Balaban J connectivity index is 1.79. The third-order valence-electron chi connectivity index (χ3n) is 6.40. The lowest BCUT2D eigenvalue weighted by atomic mass is 10.0. The van der Waals surface area contributed by atoms with Gasteiger partial charge in [0.25, 0.3) is 0 Å². The molecule has 2 atom stereocenters. The molecule has 0 saturated carbocycles. The average molecular weight is 649 g/mol. The number of carbonyl (C=O) groups is 4. The number of rotatable bonds is 17. The van der Waals surface area contributed by atoms with E-state index in [0.29, 0.717) is 5.56 Å². The number of esters is 3. The maximum absolute atomic E-state index is 13.1. The number of benzene rings is 3. The van der Waals surface area contributed by atoms with Crippen LogP contribution in [0.15, 0.2) is 91.2 Å². The SMILES string of the molecule is C=C(C)OC(=O)N[C@@H](Cc1ccc(O[C@H](CCC(=O)OCc2ccccc2)C(=O)OCc2ccccc2)c([N+](=O)[O-])c1)C(=O)OCC. The molecule has 3 aromatic carbocycles. The van der Waals surface area contributed by atoms with E-state index < -0.39 is 46.8 Å². The molecule has 0 fully saturated rings. The topological polar surface area (TPSA) is 170 Å². The molecule has 0 unspecified atom stereocenters. The first-order valence-electron chi connectivity index (χ1n) is 14.7. The second kappa shape index (κ2) is 18.3. The predicted octanol–water partition coefficient (Wildman–Crippen LogP) is 5.34. The van der Waals surface area contributed by atoms with Crippen LogP contribution in [0.4, 0.5) is 10.5 Å². The minimum absolute atomic E-state index is 0.0288. The molecule has 248 valence electrons. The highest BCUT2D eigenvalue weighted by Gasteiger charge is 2.29. The number of nitro benzene ring substituents is 1. The summed E-state index contributed by atoms with van der Waals surface area (Å²) in [6.07, 6.45) is -2.99. The van der Waals surface area contributed by atoms with Crippen molar-refractivity contribution in [2.75, 3.05) is 6.61 Å². The normalized spacial score (nSPS) is 11.7. The van der Waals surface area contributed by atoms with Gasteiger partial charge in [-0.3, -0.25) is 14.9 Å². The van der Waals surface area contributed by atoms with Crippen LogP contribution in [-0.2, 0) is 53.0 Å². The monoisotopic (exact) mass is 648 g/mol. The van der Waals surface area contributed by atoms with Crippen molar-refractivity contribution in [2.45, 2.75) is 58.5 Å². The molecule has 0 aliphatic rings. The summed E-state index contributed by atoms with van der Waals surface area (Å²) in [6, 6.07) is 20.5. The maximum atomic E-state index is 13.1. The molecular weight excluding hydrogens is 612 g/mol. The van der Waals surface area contributed by atoms with Gasteiger partial charge in [0.1, 0.15) is 19.3 Å². The fourth-order valence-corrected chi connectivity index (χ4v) is 4.19. The molecule has 13 heteroatoms. The predicted molar refractivity (Wildman–Crippen MR) is 168 cm³/mol. The summed E-state index contributed by atoms with van der Waals surface area (Å²) < 4.78 is 26.4. The Labute approximate surface area is 271 Å². The number of alkyl carbamates (subject to hydrolysis) is 1. The van der Waals surface area contributed by atoms with Crippen molar-refractivity contribution in [1.82, 2.24) is 5.32 Å². The number of carbonyl (C=O) groups excluding carboxylic acids is 4. The van der Waals surface area contributed by atoms with Crippen molar-refractivity contribution < 1.29 is 47.8 Å². The second-order valence-corrected chi connectivity index (χ2v) is 10.2. The van der Waals surface area contributed by atoms with E-state index in [1.807, 2.05) is 6.07 Å². The highest BCUT2D eigenvalue weighted by Crippen LogP contribution is 2.30. The summed E-state index contributed by atoms with van der Waals surface area (Å²) in [5.41, 5.74) is 1.22. The summed E-state index contributed by atoms with van der Waals surface area (Å²) in [4.78, 5) is 61.7. The van der Waals surface area contributed by atoms with Crippen molar-refractivity contribution in [1.29, 1.82) is 0 Å². The molecule has 0 heterocycles. The lowest BCUT2D eigenvalue weighted by Gasteiger charge is -2.19. The zero-order valence-electron chi connectivity index (χ0n) is 26.0. The van der Waals surface area contributed by atoms with E-state index in [4.69, 9.17) is 23.7 Å². The van der Waals surface area contributed by atoms with E-state index in [1.54, 1.807) is 61.5 Å². The molecule has 3 rings (SSSR count). The molecule has 47 heavy (non-hydrogen) atoms. The molecule has 3 aromatic rings. The van der Waals surface area contributed by atoms with E-state index in [2.05, 4.69) is 11.9 Å². The van der Waals surface area contributed by atoms with Crippen LogP contribution in [0.25, 0.3) is 0 Å². The van der Waals surface area contributed by atoms with E-state index in [0.717, 1.165) is 11.6 Å². The van der Waals surface area contributed by atoms with Gasteiger partial charge >= 0.3 is 29.7 Å². The van der Waals surface area contributed by atoms with Crippen LogP contribution in [-0.4, -0.2) is 47.7 Å². The van der Waals surface area contributed by atoms with Crippen molar-refractivity contribution in [3.63, 3.8) is 0 Å². The first kappa shape index (κ1) is 35.8. The van der Waals surface area contributed by atoms with Gasteiger partial charge < -0.3 is 29.0 Å². The Kier molecular flexibility index (Phi) is 13.9. The number of nitrogens with zero attached hydrogens (tertiary/aromatic N) is 1. The molecule has 0 aliphatic carbocycles. The van der Waals surface area contributed by atoms with E-state index in [9.17, 15) is 29.3 Å². The number of hydrogen-bond acceptors (Lipinski definition) is 11. The fourth-order valence-electron chi connectivity index (χ4n) is 4.19. The van der Waals surface area contributed by atoms with Crippen molar-refractivity contribution >= 4 is 29.7 Å². The number of ether oxygens (including phenoxy) is 5. The Morgan fingerprint density at radius 3 is 2.04 bits per heavy atom. The maximum Gasteiger partial charge on any atom is 0.412 e. The van der Waals surface area contributed by atoms with Gasteiger partial charge in [0, 0.05) is 25.3 Å². The lowest BCUT2D eigenvalue weighted by Crippen LogP contribution is -2.43. The van der Waals surface area contributed by atoms with Crippen LogP contribution < -0.4 is 10.1 Å². The Morgan fingerprint density at radius 2 is 1.47 bits per heavy atom. The summed E-state index contributed by atoms with van der Waals surface area (Å²) in [5, 5.41) is 14.5. The molecule has 13 nitrogen and oxygen atoms in total. The Hall–Kier alpha value is -5.72. The van der Waals surface area contributed by atoms with Crippen LogP contribution in [0.2, 0.25) is 0 Å². The van der Waals surface area contributed by atoms with Crippen molar-refractivity contribution in [3.05, 3.63) is 118 Å². The van der Waals surface area contributed by atoms with Gasteiger partial charge in [0.05, 0.1) is 17.3 Å². The molecule has 0 radical (unpaired) electrons. The number of allylic oxidation sites excluding steroid dienone is 1. The minimum Gasteiger partial charge on any atom is -0.472 e. The van der Waals surface area contributed by atoms with Gasteiger partial charge in [0.2, 0.25) is 0 Å². The number of nitrogens with one attached hydrogen (secondary N) is 1. The fraction of sp³-hybridized carbons (Fsp3) is 0.294. The van der Waals surface area contributed by atoms with Gasteiger partial charge in [0.15, 0.2) is 11.9 Å². The van der Waals surface area contributed by atoms with Gasteiger partial charge in [-0.1, -0.05) is 73.3 Å². The van der Waals surface area contributed by atoms with E-state index >= 15 is 0 Å². The van der Waals surface area contributed by atoms with Crippen LogP contribution in [0.1, 0.15) is 43.4 Å². The van der Waals surface area contributed by atoms with Crippen LogP contribution in [0.3, 0.4) is 0 Å². The molecule has 1 amide bonds. The first-order chi connectivity index (χ1) is 22.5. The molecule has 1 N–H and O–H groups in total. The average Bonchev–Trinajstić information content (AvgIpc) is 3.05. The summed E-state index contributed by atoms with van der Waals surface area (Å²) >= 11 is 0. The van der Waals surface area contributed by atoms with Crippen molar-refractivity contribution in [3.8, 4) is 5.75 Å². The van der Waals surface area contributed by atoms with Gasteiger partial charge in [-0.25, -0.2) is 14.4 Å². The third-order valence-corrected chi connectivity index (χ3v) is 6.40. The van der Waals surface area contributed by atoms with Crippen LogP contribution in [0.5, 0.6) is 5.75 Å². The van der Waals surface area contributed by atoms with Crippen LogP contribution in [0, 0.1) is 10.1 Å². The van der Waals surface area contributed by atoms with Crippen molar-refractivity contribution in [2.24, 2.45) is 0 Å². The third kappa shape index (κ3) is 12.3.